The zero-order chi connectivity index (χ0) is 24.3. The molecule has 182 valence electrons. The highest BCUT2D eigenvalue weighted by atomic mass is 16.3. The fourth-order valence-corrected chi connectivity index (χ4v) is 3.04. The molecule has 1 heterocycles. The zero-order valence-corrected chi connectivity index (χ0v) is 17.4. The Hall–Kier alpha value is -2.14. The van der Waals surface area contributed by atoms with Gasteiger partial charge in [0.05, 0.1) is 44.9 Å². The van der Waals surface area contributed by atoms with Gasteiger partial charge >= 0.3 is 5.91 Å². The van der Waals surface area contributed by atoms with Crippen LogP contribution in [0.5, 0.6) is 0 Å². The number of aromatic nitrogens is 2. The molecule has 14 heteroatoms. The van der Waals surface area contributed by atoms with Gasteiger partial charge in [0.15, 0.2) is 5.69 Å². The van der Waals surface area contributed by atoms with Gasteiger partial charge in [0.1, 0.15) is 43.6 Å². The highest BCUT2D eigenvalue weighted by molar-refractivity contribution is 5.94. The number of aliphatic hydroxyl groups excluding tert-OH is 8. The van der Waals surface area contributed by atoms with Crippen molar-refractivity contribution in [2.24, 2.45) is 0 Å². The number of quaternary nitrogens is 1. The number of nitrogens with one attached hydrogen (secondary N) is 1. The first kappa shape index (κ1) is 27.9. The Kier molecular flexibility index (Phi) is 11.7. The van der Waals surface area contributed by atoms with Crippen LogP contribution in [0.2, 0.25) is 0 Å². The molecule has 4 atom stereocenters. The molecule has 14 nitrogen and oxygen atoms in total. The molecule has 0 aliphatic carbocycles. The van der Waals surface area contributed by atoms with Crippen LogP contribution in [0.4, 0.5) is 0 Å². The first-order valence-electron chi connectivity index (χ1n) is 9.79. The van der Waals surface area contributed by atoms with E-state index in [4.69, 9.17) is 5.11 Å². The van der Waals surface area contributed by atoms with Gasteiger partial charge in [0.25, 0.3) is 5.91 Å². The number of amides is 2. The van der Waals surface area contributed by atoms with E-state index in [0.717, 1.165) is 12.4 Å². The summed E-state index contributed by atoms with van der Waals surface area (Å²) in [5, 5.41) is 78.2. The third-order valence-corrected chi connectivity index (χ3v) is 4.54. The van der Waals surface area contributed by atoms with Crippen LogP contribution in [0, 0.1) is 0 Å². The van der Waals surface area contributed by atoms with Crippen molar-refractivity contribution in [3.63, 3.8) is 0 Å². The third-order valence-electron chi connectivity index (χ3n) is 4.54. The van der Waals surface area contributed by atoms with Crippen molar-refractivity contribution >= 4 is 11.8 Å². The summed E-state index contributed by atoms with van der Waals surface area (Å²) in [7, 11) is 0. The summed E-state index contributed by atoms with van der Waals surface area (Å²) in [4.78, 5) is 33.3. The molecule has 32 heavy (non-hydrogen) atoms. The van der Waals surface area contributed by atoms with Crippen molar-refractivity contribution in [1.82, 2.24) is 15.3 Å². The van der Waals surface area contributed by atoms with Crippen molar-refractivity contribution in [3.05, 3.63) is 23.8 Å². The lowest BCUT2D eigenvalue weighted by Crippen LogP contribution is -2.63. The molecule has 0 bridgehead atoms. The number of aliphatic hydroxyl groups is 8. The van der Waals surface area contributed by atoms with E-state index in [-0.39, 0.29) is 17.9 Å². The number of carbonyl (C=O) groups excluding carboxylic acids is 2. The molecule has 4 unspecified atom stereocenters. The maximum atomic E-state index is 13.4. The molecule has 1 aromatic heterocycles. The average Bonchev–Trinajstić information content (AvgIpc) is 2.81. The number of hydrogen-bond acceptors (Lipinski definition) is 12. The van der Waals surface area contributed by atoms with Crippen molar-refractivity contribution in [2.75, 3.05) is 52.6 Å². The molecule has 0 aliphatic rings. The second kappa shape index (κ2) is 13.4. The van der Waals surface area contributed by atoms with Gasteiger partial charge in [-0.15, -0.1) is 0 Å². The Balaban J connectivity index is 3.33. The molecule has 2 amide bonds. The molecule has 1 rings (SSSR count). The standard InChI is InChI=1S/C18H30N4O10/c23-7-11(27)1-20-17(31)15-2-19-3-16(21-15)18(32)22(4-12(28)8-24,5-13(29)9-25)6-14(30)10-26/h2-3,11-14,23-30H,1,4-10H2/p+1. The second-order valence-electron chi connectivity index (χ2n) is 7.34. The van der Waals surface area contributed by atoms with E-state index in [2.05, 4.69) is 15.3 Å². The molecule has 0 aliphatic heterocycles. The van der Waals surface area contributed by atoms with Crippen LogP contribution in [0.1, 0.15) is 21.0 Å². The Morgan fingerprint density at radius 2 is 1.22 bits per heavy atom. The molecule has 0 saturated carbocycles. The lowest BCUT2D eigenvalue weighted by Gasteiger charge is -2.39. The molecular weight excluding hydrogens is 432 g/mol. The average molecular weight is 463 g/mol. The minimum atomic E-state index is -1.46. The number of hydrogen-bond donors (Lipinski definition) is 9. The number of nitrogens with zero attached hydrogens (tertiary/aromatic N) is 3. The van der Waals surface area contributed by atoms with Crippen LogP contribution < -0.4 is 5.32 Å². The molecule has 0 saturated heterocycles. The van der Waals surface area contributed by atoms with Crippen LogP contribution in [0.3, 0.4) is 0 Å². The van der Waals surface area contributed by atoms with E-state index >= 15 is 0 Å². The van der Waals surface area contributed by atoms with Gasteiger partial charge in [-0.1, -0.05) is 0 Å². The van der Waals surface area contributed by atoms with Gasteiger partial charge < -0.3 is 46.2 Å². The normalized spacial score (nSPS) is 17.1. The third kappa shape index (κ3) is 8.09. The monoisotopic (exact) mass is 463 g/mol. The molecule has 1 aromatic rings. The summed E-state index contributed by atoms with van der Waals surface area (Å²) in [6.45, 7) is -4.66. The largest absolute Gasteiger partial charge is 0.394 e. The van der Waals surface area contributed by atoms with Crippen LogP contribution in [-0.2, 0) is 0 Å². The quantitative estimate of drug-likeness (QED) is 0.118. The van der Waals surface area contributed by atoms with Crippen molar-refractivity contribution in [1.29, 1.82) is 0 Å². The van der Waals surface area contributed by atoms with Crippen LogP contribution in [-0.4, -0.2) is 144 Å². The topological polar surface area (TPSA) is 234 Å². The highest BCUT2D eigenvalue weighted by Gasteiger charge is 2.43. The predicted molar refractivity (Wildman–Crippen MR) is 106 cm³/mol. The second-order valence-corrected chi connectivity index (χ2v) is 7.34. The Bertz CT molecular complexity index is 706. The van der Waals surface area contributed by atoms with E-state index in [0.29, 0.717) is 0 Å². The molecular formula is C18H31N4O10+. The van der Waals surface area contributed by atoms with Gasteiger partial charge in [-0.05, 0) is 0 Å². The fraction of sp³-hybridized carbons (Fsp3) is 0.667. The Morgan fingerprint density at radius 3 is 1.66 bits per heavy atom. The summed E-state index contributed by atoms with van der Waals surface area (Å²) in [5.41, 5.74) is -0.701. The number of rotatable bonds is 14. The van der Waals surface area contributed by atoms with Gasteiger partial charge in [0, 0.05) is 6.54 Å². The minimum absolute atomic E-state index is 0.288. The molecule has 0 fully saturated rings. The van der Waals surface area contributed by atoms with E-state index in [1.54, 1.807) is 0 Å². The Morgan fingerprint density at radius 1 is 0.781 bits per heavy atom. The molecule has 0 aromatic carbocycles. The Labute approximate surface area is 183 Å². The fourth-order valence-electron chi connectivity index (χ4n) is 3.04. The summed E-state index contributed by atoms with van der Waals surface area (Å²) >= 11 is 0. The van der Waals surface area contributed by atoms with E-state index in [1.807, 2.05) is 0 Å². The maximum absolute atomic E-state index is 13.4. The smallest absolute Gasteiger partial charge is 0.366 e. The summed E-state index contributed by atoms with van der Waals surface area (Å²) in [5.74, 6) is -1.71. The van der Waals surface area contributed by atoms with Gasteiger partial charge in [-0.3, -0.25) is 9.78 Å². The summed E-state index contributed by atoms with van der Waals surface area (Å²) in [6, 6.07) is 0. The molecule has 0 spiro atoms. The van der Waals surface area contributed by atoms with Gasteiger partial charge in [0.2, 0.25) is 0 Å². The van der Waals surface area contributed by atoms with E-state index in [1.165, 1.54) is 0 Å². The molecule has 0 radical (unpaired) electrons. The van der Waals surface area contributed by atoms with Crippen molar-refractivity contribution in [2.45, 2.75) is 24.4 Å². The summed E-state index contributed by atoms with van der Waals surface area (Å²) < 4.78 is -0.922. The highest BCUT2D eigenvalue weighted by Crippen LogP contribution is 2.18. The first-order chi connectivity index (χ1) is 15.1. The van der Waals surface area contributed by atoms with Gasteiger partial charge in [-0.2, -0.15) is 0 Å². The summed E-state index contributed by atoms with van der Waals surface area (Å²) in [6.07, 6.45) is -3.54. The van der Waals surface area contributed by atoms with Crippen LogP contribution >= 0.6 is 0 Å². The zero-order valence-electron chi connectivity index (χ0n) is 17.4. The van der Waals surface area contributed by atoms with E-state index < -0.39 is 86.8 Å². The predicted octanol–water partition coefficient (Wildman–Crippen LogP) is -5.42. The maximum Gasteiger partial charge on any atom is 0.366 e. The first-order valence-corrected chi connectivity index (χ1v) is 9.79. The molecule has 9 N–H and O–H groups in total. The lowest BCUT2D eigenvalue weighted by molar-refractivity contribution is -0.859. The lowest BCUT2D eigenvalue weighted by atomic mass is 10.1. The van der Waals surface area contributed by atoms with Crippen LogP contribution in [0.15, 0.2) is 12.4 Å². The van der Waals surface area contributed by atoms with Gasteiger partial charge in [-0.25, -0.2) is 14.3 Å². The number of carbonyl (C=O) groups is 2. The van der Waals surface area contributed by atoms with Crippen molar-refractivity contribution < 1.29 is 54.9 Å². The SMILES string of the molecule is O=C(NCC(O)CO)c1cncc(C(=O)[N+](CC(O)CO)(CC(O)CO)CC(O)CO)n1. The van der Waals surface area contributed by atoms with E-state index in [9.17, 15) is 45.3 Å². The van der Waals surface area contributed by atoms with Crippen LogP contribution in [0.25, 0.3) is 0 Å². The van der Waals surface area contributed by atoms with Crippen molar-refractivity contribution in [3.8, 4) is 0 Å². The minimum Gasteiger partial charge on any atom is -0.394 e.